The molecule has 0 spiro atoms. The first kappa shape index (κ1) is 23.2. The summed E-state index contributed by atoms with van der Waals surface area (Å²) in [5, 5.41) is 6.77. The number of hydrogen-bond acceptors (Lipinski definition) is 3. The maximum atomic E-state index is 7.78. The fourth-order valence-corrected chi connectivity index (χ4v) is 12.0. The van der Waals surface area contributed by atoms with E-state index in [2.05, 4.69) is 122 Å². The van der Waals surface area contributed by atoms with Crippen LogP contribution in [0.15, 0.2) is 91.0 Å². The quantitative estimate of drug-likeness (QED) is 0.521. The summed E-state index contributed by atoms with van der Waals surface area (Å²) in [6, 6.07) is 34.7. The molecule has 3 aromatic rings. The molecule has 3 bridgehead atoms. The molecule has 3 aliphatic heterocycles. The number of piperidine rings is 2. The summed E-state index contributed by atoms with van der Waals surface area (Å²) in [5.74, 6) is 0.763. The second-order valence-corrected chi connectivity index (χ2v) is 16.1. The summed E-state index contributed by atoms with van der Waals surface area (Å²) < 4.78 is 7.78. The molecule has 0 aromatic heterocycles. The van der Waals surface area contributed by atoms with E-state index < -0.39 is 8.32 Å². The Morgan fingerprint density at radius 2 is 1.34 bits per heavy atom. The molecule has 5 atom stereocenters. The lowest BCUT2D eigenvalue weighted by Gasteiger charge is -2.47. The van der Waals surface area contributed by atoms with Gasteiger partial charge < -0.3 is 9.74 Å². The van der Waals surface area contributed by atoms with Gasteiger partial charge in [-0.15, -0.1) is 0 Å². The van der Waals surface area contributed by atoms with Gasteiger partial charge >= 0.3 is 0 Å². The molecule has 0 saturated carbocycles. The molecule has 35 heavy (non-hydrogen) atoms. The Bertz CT molecular complexity index is 1090. The average Bonchev–Trinajstić information content (AvgIpc) is 3.05. The third-order valence-corrected chi connectivity index (χ3v) is 13.7. The van der Waals surface area contributed by atoms with Crippen molar-refractivity contribution in [2.45, 2.75) is 69.4 Å². The monoisotopic (exact) mass is 482 g/mol. The first-order chi connectivity index (χ1) is 17.0. The lowest BCUT2D eigenvalue weighted by molar-refractivity contribution is 0.0456. The molecule has 0 amide bonds. The molecular weight excluding hydrogens is 444 g/mol. The normalized spacial score (nSPS) is 28.4. The number of rotatable bonds is 6. The van der Waals surface area contributed by atoms with E-state index in [4.69, 9.17) is 4.43 Å². The van der Waals surface area contributed by atoms with E-state index in [-0.39, 0.29) is 11.1 Å². The Morgan fingerprint density at radius 1 is 0.800 bits per heavy atom. The van der Waals surface area contributed by atoms with Gasteiger partial charge in [-0.3, -0.25) is 4.90 Å². The molecule has 3 saturated heterocycles. The van der Waals surface area contributed by atoms with E-state index >= 15 is 0 Å². The van der Waals surface area contributed by atoms with Gasteiger partial charge in [0, 0.05) is 25.2 Å². The van der Waals surface area contributed by atoms with E-state index in [0.29, 0.717) is 18.1 Å². The van der Waals surface area contributed by atoms with E-state index in [1.807, 2.05) is 0 Å². The lowest BCUT2D eigenvalue weighted by atomic mass is 9.88. The number of benzene rings is 3. The van der Waals surface area contributed by atoms with Crippen molar-refractivity contribution < 1.29 is 4.43 Å². The topological polar surface area (TPSA) is 24.5 Å². The number of nitrogens with zero attached hydrogens (tertiary/aromatic N) is 1. The Labute approximate surface area is 211 Å². The van der Waals surface area contributed by atoms with E-state index in [0.717, 1.165) is 12.5 Å². The molecule has 3 heterocycles. The van der Waals surface area contributed by atoms with Gasteiger partial charge in [0.25, 0.3) is 8.32 Å². The third-order valence-electron chi connectivity index (χ3n) is 8.62. The Hall–Kier alpha value is -2.24. The van der Waals surface area contributed by atoms with Crippen molar-refractivity contribution in [3.8, 4) is 0 Å². The van der Waals surface area contributed by atoms with Gasteiger partial charge in [-0.1, -0.05) is 112 Å². The Kier molecular flexibility index (Phi) is 5.96. The molecule has 0 aliphatic carbocycles. The summed E-state index contributed by atoms with van der Waals surface area (Å²) in [4.78, 5) is 2.75. The van der Waals surface area contributed by atoms with Crippen LogP contribution in [0.2, 0.25) is 5.04 Å². The largest absolute Gasteiger partial charge is 0.401 e. The van der Waals surface area contributed by atoms with Crippen LogP contribution >= 0.6 is 0 Å². The van der Waals surface area contributed by atoms with E-state index in [1.54, 1.807) is 0 Å². The first-order valence-corrected chi connectivity index (χ1v) is 15.2. The average molecular weight is 483 g/mol. The number of fused-ring (bicyclic) bond motifs is 2. The van der Waals surface area contributed by atoms with Crippen molar-refractivity contribution in [3.05, 3.63) is 96.6 Å². The summed E-state index contributed by atoms with van der Waals surface area (Å²) >= 11 is 0. The summed E-state index contributed by atoms with van der Waals surface area (Å²) in [5.41, 5.74) is 1.40. The van der Waals surface area contributed by atoms with Crippen LogP contribution in [-0.2, 0) is 11.0 Å². The molecule has 3 aliphatic rings. The number of hydrogen-bond donors (Lipinski definition) is 1. The van der Waals surface area contributed by atoms with Crippen LogP contribution in [0.5, 0.6) is 0 Å². The van der Waals surface area contributed by atoms with Gasteiger partial charge in [0.2, 0.25) is 0 Å². The van der Waals surface area contributed by atoms with E-state index in [9.17, 15) is 0 Å². The minimum atomic E-state index is -2.60. The Balaban J connectivity index is 1.44. The zero-order valence-corrected chi connectivity index (χ0v) is 22.2. The summed E-state index contributed by atoms with van der Waals surface area (Å²) in [6.07, 6.45) is 2.70. The van der Waals surface area contributed by atoms with Crippen molar-refractivity contribution in [1.82, 2.24) is 10.2 Å². The second-order valence-electron chi connectivity index (χ2n) is 11.9. The smallest absolute Gasteiger partial charge is 0.261 e. The molecule has 0 unspecified atom stereocenters. The summed E-state index contributed by atoms with van der Waals surface area (Å²) in [7, 11) is -2.60. The number of nitrogens with one attached hydrogen (secondary N) is 1. The predicted octanol–water partition coefficient (Wildman–Crippen LogP) is 4.57. The minimum absolute atomic E-state index is 0.00529. The summed E-state index contributed by atoms with van der Waals surface area (Å²) in [6.45, 7) is 9.38. The van der Waals surface area contributed by atoms with Crippen LogP contribution in [-0.4, -0.2) is 44.0 Å². The van der Waals surface area contributed by atoms with Crippen molar-refractivity contribution in [3.63, 3.8) is 0 Å². The maximum Gasteiger partial charge on any atom is 0.261 e. The van der Waals surface area contributed by atoms with Gasteiger partial charge in [-0.25, -0.2) is 0 Å². The van der Waals surface area contributed by atoms with Gasteiger partial charge in [-0.2, -0.15) is 0 Å². The van der Waals surface area contributed by atoms with Crippen molar-refractivity contribution in [2.24, 2.45) is 5.92 Å². The van der Waals surface area contributed by atoms with Crippen LogP contribution in [0, 0.1) is 5.92 Å². The molecule has 3 aromatic carbocycles. The molecule has 0 radical (unpaired) electrons. The van der Waals surface area contributed by atoms with Crippen LogP contribution < -0.4 is 15.7 Å². The predicted molar refractivity (Wildman–Crippen MR) is 147 cm³/mol. The minimum Gasteiger partial charge on any atom is -0.401 e. The third kappa shape index (κ3) is 4.01. The van der Waals surface area contributed by atoms with Gasteiger partial charge in [-0.05, 0) is 39.7 Å². The number of likely N-dealkylation sites (tertiary alicyclic amines) is 1. The van der Waals surface area contributed by atoms with Crippen molar-refractivity contribution in [2.75, 3.05) is 6.54 Å². The molecule has 6 rings (SSSR count). The van der Waals surface area contributed by atoms with E-state index in [1.165, 1.54) is 35.3 Å². The van der Waals surface area contributed by atoms with Crippen LogP contribution in [0.4, 0.5) is 0 Å². The Morgan fingerprint density at radius 3 is 1.91 bits per heavy atom. The highest BCUT2D eigenvalue weighted by molar-refractivity contribution is 6.99. The highest BCUT2D eigenvalue weighted by Gasteiger charge is 2.59. The fraction of sp³-hybridized carbons (Fsp3) is 0.419. The molecular formula is C31H38N2OSi. The fourth-order valence-electron chi connectivity index (χ4n) is 7.26. The second kappa shape index (κ2) is 9.01. The molecule has 3 fully saturated rings. The van der Waals surface area contributed by atoms with Crippen LogP contribution in [0.3, 0.4) is 0 Å². The van der Waals surface area contributed by atoms with Gasteiger partial charge in [0.05, 0.1) is 12.1 Å². The lowest BCUT2D eigenvalue weighted by Crippen LogP contribution is -2.69. The zero-order valence-electron chi connectivity index (χ0n) is 21.2. The highest BCUT2D eigenvalue weighted by atomic mass is 28.4. The van der Waals surface area contributed by atoms with Crippen LogP contribution in [0.25, 0.3) is 0 Å². The highest BCUT2D eigenvalue weighted by Crippen LogP contribution is 2.45. The first-order valence-electron chi connectivity index (χ1n) is 13.3. The molecule has 4 heteroatoms. The molecule has 1 N–H and O–H groups in total. The van der Waals surface area contributed by atoms with Crippen molar-refractivity contribution >= 4 is 18.7 Å². The van der Waals surface area contributed by atoms with Crippen molar-refractivity contribution in [1.29, 1.82) is 0 Å². The van der Waals surface area contributed by atoms with Crippen LogP contribution in [0.1, 0.15) is 39.2 Å². The zero-order chi connectivity index (χ0) is 24.0. The maximum absolute atomic E-state index is 7.78. The SMILES string of the molecule is CC(C)(C)[Si](O[C@@H]1[C@@H]2[C@H]3C[C@H](C[C@@H]1N3)CN2Cc1ccccc1)(c1ccccc1)c1ccccc1. The molecule has 182 valence electrons. The molecule has 3 nitrogen and oxygen atoms in total. The standard InChI is InChI=1S/C31H38N2OSi/c1-31(2,3)35(25-15-9-5-10-16-25,26-17-11-6-12-18-26)34-30-28-20-24-19-27(32-28)29(30)33(22-24)21-23-13-7-4-8-14-23/h4-18,24,27-30,32H,19-22H2,1-3H3/t24-,27-,28+,29+,30+/m1/s1. The van der Waals surface area contributed by atoms with Gasteiger partial charge in [0.15, 0.2) is 0 Å². The van der Waals surface area contributed by atoms with Gasteiger partial charge in [0.1, 0.15) is 0 Å².